The van der Waals surface area contributed by atoms with Crippen molar-refractivity contribution >= 4 is 88.2 Å². The van der Waals surface area contributed by atoms with Gasteiger partial charge in [-0.1, -0.05) is 380 Å². The second kappa shape index (κ2) is 29.0. The minimum atomic E-state index is -0.466. The van der Waals surface area contributed by atoms with Gasteiger partial charge in [0.1, 0.15) is 16.7 Å². The largest absolute Gasteiger partial charge is 0.454 e. The van der Waals surface area contributed by atoms with Crippen LogP contribution >= 0.6 is 15.9 Å². The number of hydrogen-bond acceptors (Lipinski definition) is 4. The third-order valence-electron chi connectivity index (χ3n) is 26.3. The van der Waals surface area contributed by atoms with Crippen molar-refractivity contribution in [2.45, 2.75) is 49.4 Å². The first kappa shape index (κ1) is 73.0. The highest BCUT2D eigenvalue weighted by molar-refractivity contribution is 9.10. The first-order valence-electron chi connectivity index (χ1n) is 41.9. The van der Waals surface area contributed by atoms with Crippen molar-refractivity contribution in [3.63, 3.8) is 0 Å². The smallest absolute Gasteiger partial charge is 0.159 e. The molecule has 4 nitrogen and oxygen atoms in total. The summed E-state index contributed by atoms with van der Waals surface area (Å²) in [6, 6.07) is 154. The minimum absolute atomic E-state index is 0.110. The number of nitrogens with zero attached hydrogens (tertiary/aromatic N) is 1. The molecule has 0 bridgehead atoms. The zero-order valence-corrected chi connectivity index (χ0v) is 69.1. The molecule has 0 amide bonds. The number of hydrogen-bond donors (Lipinski definition) is 1. The molecule has 2 aromatic heterocycles. The number of benzene rings is 18. The lowest BCUT2D eigenvalue weighted by molar-refractivity contribution is 0.563. The number of nitrogens with one attached hydrogen (secondary N) is 1. The van der Waals surface area contributed by atoms with Crippen molar-refractivity contribution in [1.29, 1.82) is 0 Å². The molecule has 1 N–H and O–H groups in total. The zero-order chi connectivity index (χ0) is 81.1. The fourth-order valence-electron chi connectivity index (χ4n) is 20.8. The Labute approximate surface area is 714 Å². The van der Waals surface area contributed by atoms with Gasteiger partial charge in [-0.05, 0) is 211 Å². The quantitative estimate of drug-likeness (QED) is 0.156. The number of furan rings is 2. The van der Waals surface area contributed by atoms with Gasteiger partial charge in [0.2, 0.25) is 0 Å². The number of para-hydroxylation sites is 6. The van der Waals surface area contributed by atoms with Crippen molar-refractivity contribution in [2.75, 3.05) is 10.2 Å². The van der Waals surface area contributed by atoms with Gasteiger partial charge in [-0.3, -0.25) is 0 Å². The van der Waals surface area contributed by atoms with E-state index in [1.807, 2.05) is 30.3 Å². The van der Waals surface area contributed by atoms with E-state index in [0.717, 1.165) is 93.5 Å². The Morgan fingerprint density at radius 3 is 0.983 bits per heavy atom. The van der Waals surface area contributed by atoms with Gasteiger partial charge in [0.05, 0.1) is 21.0 Å². The van der Waals surface area contributed by atoms with Crippen LogP contribution in [-0.4, -0.2) is 0 Å². The average Bonchev–Trinajstić information content (AvgIpc) is 1.56. The van der Waals surface area contributed by atoms with Gasteiger partial charge < -0.3 is 19.1 Å². The lowest BCUT2D eigenvalue weighted by atomic mass is 9.55. The molecule has 4 aliphatic carbocycles. The maximum absolute atomic E-state index is 7.20. The van der Waals surface area contributed by atoms with Crippen molar-refractivity contribution < 1.29 is 8.83 Å². The molecule has 0 atom stereocenters. The summed E-state index contributed by atoms with van der Waals surface area (Å²) in [5.41, 5.74) is 38.7. The minimum Gasteiger partial charge on any atom is -0.454 e. The Bertz CT molecular complexity index is 7330. The third kappa shape index (κ3) is 11.5. The van der Waals surface area contributed by atoms with Crippen LogP contribution in [0, 0.1) is 0 Å². The van der Waals surface area contributed by atoms with Crippen LogP contribution in [0.5, 0.6) is 0 Å². The molecule has 5 heteroatoms. The molecule has 0 fully saturated rings. The van der Waals surface area contributed by atoms with E-state index in [0.29, 0.717) is 0 Å². The summed E-state index contributed by atoms with van der Waals surface area (Å²) in [5, 5.41) is 7.84. The van der Waals surface area contributed by atoms with Gasteiger partial charge in [0.25, 0.3) is 0 Å². The Balaban J connectivity index is 0.000000124. The predicted octanol–water partition coefficient (Wildman–Crippen LogP) is 31.5. The van der Waals surface area contributed by atoms with E-state index < -0.39 is 10.8 Å². The number of anilines is 5. The Morgan fingerprint density at radius 1 is 0.223 bits per heavy atom. The molecule has 2 spiro atoms. The lowest BCUT2D eigenvalue weighted by Crippen LogP contribution is -2.40. The maximum Gasteiger partial charge on any atom is 0.159 e. The first-order valence-corrected chi connectivity index (χ1v) is 42.7. The summed E-state index contributed by atoms with van der Waals surface area (Å²) >= 11 is 3.71. The molecule has 0 saturated heterocycles. The molecule has 576 valence electrons. The van der Waals surface area contributed by atoms with E-state index in [1.54, 1.807) is 0 Å². The second-order valence-corrected chi connectivity index (χ2v) is 34.3. The summed E-state index contributed by atoms with van der Waals surface area (Å²) < 4.78 is 14.8. The SMILES string of the molecule is CC1(C)c2ccccc2C2(c3ccccc3-c3ccc(-c4cccc5c4oc4c(Br)cccc45)cc32)c2ccccc21.CC1(C)c2ccccc2C2(c3ccccc3-c3ccc(-c4cccc5c4oc4c(N(c6ccccc6)c6ccc(-c7ccccc7)cc6)cccc45)cc32)c2ccccc21.c1ccc(Nc2ccc(-c3ccccc3)cc2)cc1. The monoisotopic (exact) mass is 1610 g/mol. The molecule has 4 aliphatic rings. The van der Waals surface area contributed by atoms with E-state index in [1.165, 1.54) is 117 Å². The molecule has 2 heterocycles. The highest BCUT2D eigenvalue weighted by atomic mass is 79.9. The summed E-state index contributed by atoms with van der Waals surface area (Å²) in [6.07, 6.45) is 0. The standard InChI is InChI=1S/C58H41NO.C40H27BrO.C18H15N/c1-57(2)49-26-11-13-28-51(49)58(52-29-14-12-27-50(52)57)48-25-10-9-21-44(48)45-36-33-40(37-53(45)58)43-22-15-23-46-47-24-16-30-54(56(47)60-55(43)46)59(41-19-7-4-8-20-41)42-34-31-39(32-35-42)38-17-5-3-6-18-38;1-39(2)31-16-5-7-18-33(31)40(34-19-8-6-17-32(34)39)30-15-4-3-11-26(30)27-22-21-24(23-35(27)40)25-12-9-13-28-29-14-10-20-36(41)38(29)42-37(25)28;1-3-7-15(8-4-1)16-11-13-18(14-12-16)19-17-9-5-2-6-10-17/h3-37H,1-2H3;3-23H,1-2H3;1-14,19H. The Kier molecular flexibility index (Phi) is 17.5. The Morgan fingerprint density at radius 2 is 0.529 bits per heavy atom. The molecule has 0 saturated carbocycles. The van der Waals surface area contributed by atoms with Crippen LogP contribution in [0.1, 0.15) is 94.5 Å². The van der Waals surface area contributed by atoms with Crippen LogP contribution in [0.15, 0.2) is 438 Å². The summed E-state index contributed by atoms with van der Waals surface area (Å²) in [4.78, 5) is 2.31. The van der Waals surface area contributed by atoms with Crippen LogP contribution < -0.4 is 10.2 Å². The maximum atomic E-state index is 7.20. The van der Waals surface area contributed by atoms with E-state index in [2.05, 4.69) is 448 Å². The van der Waals surface area contributed by atoms with Gasteiger partial charge in [-0.15, -0.1) is 0 Å². The van der Waals surface area contributed by atoms with Gasteiger partial charge in [0.15, 0.2) is 5.58 Å². The van der Waals surface area contributed by atoms with Crippen molar-refractivity contribution in [3.8, 4) is 66.8 Å². The van der Waals surface area contributed by atoms with Crippen molar-refractivity contribution in [1.82, 2.24) is 0 Å². The van der Waals surface area contributed by atoms with Crippen LogP contribution in [-0.2, 0) is 21.7 Å². The predicted molar refractivity (Wildman–Crippen MR) is 507 cm³/mol. The summed E-state index contributed by atoms with van der Waals surface area (Å²) in [6.45, 7) is 9.50. The highest BCUT2D eigenvalue weighted by Gasteiger charge is 2.55. The Hall–Kier alpha value is -14.4. The molecular formula is C116H83BrN2O2. The molecule has 121 heavy (non-hydrogen) atoms. The van der Waals surface area contributed by atoms with E-state index in [9.17, 15) is 0 Å². The molecule has 24 rings (SSSR count). The van der Waals surface area contributed by atoms with Gasteiger partial charge in [0, 0.05) is 66.3 Å². The fourth-order valence-corrected chi connectivity index (χ4v) is 21.2. The summed E-state index contributed by atoms with van der Waals surface area (Å²) in [7, 11) is 0. The lowest BCUT2D eigenvalue weighted by Gasteiger charge is -2.46. The van der Waals surface area contributed by atoms with E-state index in [4.69, 9.17) is 8.83 Å². The fraction of sp³-hybridized carbons (Fsp3) is 0.0690. The molecule has 18 aromatic carbocycles. The van der Waals surface area contributed by atoms with Gasteiger partial charge >= 0.3 is 0 Å². The molecule has 0 aliphatic heterocycles. The molecular weight excluding hydrogens is 1530 g/mol. The van der Waals surface area contributed by atoms with E-state index in [-0.39, 0.29) is 10.8 Å². The zero-order valence-electron chi connectivity index (χ0n) is 67.6. The number of rotatable bonds is 9. The third-order valence-corrected chi connectivity index (χ3v) is 26.9. The average molecular weight is 1620 g/mol. The van der Waals surface area contributed by atoms with Gasteiger partial charge in [-0.2, -0.15) is 0 Å². The second-order valence-electron chi connectivity index (χ2n) is 33.4. The highest BCUT2D eigenvalue weighted by Crippen LogP contribution is 2.65. The molecule has 20 aromatic rings. The molecule has 0 radical (unpaired) electrons. The summed E-state index contributed by atoms with van der Waals surface area (Å²) in [5.74, 6) is 0. The topological polar surface area (TPSA) is 41.6 Å². The normalized spacial score (nSPS) is 13.9. The number of fused-ring (bicyclic) bond motifs is 24. The van der Waals surface area contributed by atoms with Crippen LogP contribution in [0.3, 0.4) is 0 Å². The van der Waals surface area contributed by atoms with E-state index >= 15 is 0 Å². The van der Waals surface area contributed by atoms with Crippen molar-refractivity contribution in [3.05, 3.63) is 496 Å². The van der Waals surface area contributed by atoms with Crippen LogP contribution in [0.2, 0.25) is 0 Å². The first-order chi connectivity index (χ1) is 59.5. The molecule has 0 unspecified atom stereocenters. The van der Waals surface area contributed by atoms with Crippen LogP contribution in [0.4, 0.5) is 28.4 Å². The number of halogens is 1. The van der Waals surface area contributed by atoms with Gasteiger partial charge in [-0.25, -0.2) is 0 Å². The van der Waals surface area contributed by atoms with Crippen molar-refractivity contribution in [2.24, 2.45) is 0 Å². The van der Waals surface area contributed by atoms with Crippen LogP contribution in [0.25, 0.3) is 111 Å².